The van der Waals surface area contributed by atoms with Crippen LogP contribution in [-0.2, 0) is 14.4 Å². The molecule has 0 aliphatic carbocycles. The van der Waals surface area contributed by atoms with Crippen molar-refractivity contribution in [3.8, 4) is 0 Å². The fourth-order valence-electron chi connectivity index (χ4n) is 2.92. The third kappa shape index (κ3) is 2.79. The average molecular weight is 316 g/mol. The summed E-state index contributed by atoms with van der Waals surface area (Å²) in [6.07, 6.45) is 0. The molecule has 0 unspecified atom stereocenters. The molecule has 3 rings (SSSR count). The minimum absolute atomic E-state index is 0.00366. The van der Waals surface area contributed by atoms with E-state index in [0.29, 0.717) is 24.5 Å². The molecule has 1 fully saturated rings. The molecule has 2 N–H and O–H groups in total. The molecule has 1 aromatic rings. The van der Waals surface area contributed by atoms with E-state index in [4.69, 9.17) is 0 Å². The number of anilines is 2. The van der Waals surface area contributed by atoms with E-state index in [-0.39, 0.29) is 30.8 Å². The largest absolute Gasteiger partial charge is 0.353 e. The van der Waals surface area contributed by atoms with Crippen molar-refractivity contribution >= 4 is 29.1 Å². The highest BCUT2D eigenvalue weighted by Crippen LogP contribution is 2.29. The predicted octanol–water partition coefficient (Wildman–Crippen LogP) is 0.182. The fraction of sp³-hybridized carbons (Fsp3) is 0.438. The van der Waals surface area contributed by atoms with Crippen LogP contribution >= 0.6 is 0 Å². The van der Waals surface area contributed by atoms with E-state index in [1.807, 2.05) is 17.0 Å². The van der Waals surface area contributed by atoms with Crippen LogP contribution in [0.2, 0.25) is 0 Å². The Morgan fingerprint density at radius 2 is 2.00 bits per heavy atom. The number of rotatable bonds is 2. The van der Waals surface area contributed by atoms with Crippen LogP contribution in [0.3, 0.4) is 0 Å². The molecular formula is C16H20N4O3. The van der Waals surface area contributed by atoms with E-state index < -0.39 is 5.54 Å². The number of hydrogen-bond acceptors (Lipinski definition) is 4. The van der Waals surface area contributed by atoms with E-state index >= 15 is 0 Å². The van der Waals surface area contributed by atoms with Crippen LogP contribution < -0.4 is 15.5 Å². The van der Waals surface area contributed by atoms with Gasteiger partial charge in [-0.1, -0.05) is 12.1 Å². The van der Waals surface area contributed by atoms with Crippen molar-refractivity contribution in [2.75, 3.05) is 36.4 Å². The summed E-state index contributed by atoms with van der Waals surface area (Å²) in [6.45, 7) is 4.81. The smallest absolute Gasteiger partial charge is 0.244 e. The molecule has 0 aromatic heterocycles. The van der Waals surface area contributed by atoms with Gasteiger partial charge in [-0.2, -0.15) is 0 Å². The Morgan fingerprint density at radius 3 is 2.78 bits per heavy atom. The number of piperazine rings is 1. The van der Waals surface area contributed by atoms with Crippen molar-refractivity contribution in [2.24, 2.45) is 0 Å². The molecule has 0 spiro atoms. The molecule has 7 nitrogen and oxygen atoms in total. The van der Waals surface area contributed by atoms with Gasteiger partial charge in [-0.25, -0.2) is 0 Å². The van der Waals surface area contributed by atoms with Gasteiger partial charge in [0.2, 0.25) is 17.7 Å². The monoisotopic (exact) mass is 316 g/mol. The lowest BCUT2D eigenvalue weighted by atomic mass is 9.99. The minimum atomic E-state index is -0.745. The SMILES string of the molecule is CC1(C)C(=O)NCCN1CC(=O)N1CC(=O)Nc2ccccc21. The number of fused-ring (bicyclic) bond motifs is 1. The highest BCUT2D eigenvalue weighted by molar-refractivity contribution is 6.10. The first-order valence-corrected chi connectivity index (χ1v) is 7.62. The first-order valence-electron chi connectivity index (χ1n) is 7.62. The van der Waals surface area contributed by atoms with Gasteiger partial charge in [-0.15, -0.1) is 0 Å². The summed E-state index contributed by atoms with van der Waals surface area (Å²) in [7, 11) is 0. The third-order valence-corrected chi connectivity index (χ3v) is 4.41. The number of hydrogen-bond donors (Lipinski definition) is 2. The molecule has 2 aliphatic rings. The second kappa shape index (κ2) is 5.66. The van der Waals surface area contributed by atoms with Crippen LogP contribution in [0.1, 0.15) is 13.8 Å². The predicted molar refractivity (Wildman–Crippen MR) is 86.1 cm³/mol. The van der Waals surface area contributed by atoms with Crippen LogP contribution in [-0.4, -0.2) is 54.3 Å². The Labute approximate surface area is 134 Å². The minimum Gasteiger partial charge on any atom is -0.353 e. The van der Waals surface area contributed by atoms with Crippen molar-refractivity contribution in [3.05, 3.63) is 24.3 Å². The van der Waals surface area contributed by atoms with Crippen LogP contribution in [0, 0.1) is 0 Å². The van der Waals surface area contributed by atoms with Gasteiger partial charge in [-0.3, -0.25) is 24.2 Å². The molecular weight excluding hydrogens is 296 g/mol. The van der Waals surface area contributed by atoms with E-state index in [0.717, 1.165) is 0 Å². The number of carbonyl (C=O) groups excluding carboxylic acids is 3. The van der Waals surface area contributed by atoms with Gasteiger partial charge < -0.3 is 10.6 Å². The zero-order valence-electron chi connectivity index (χ0n) is 13.3. The Bertz CT molecular complexity index is 671. The maximum absolute atomic E-state index is 12.7. The lowest BCUT2D eigenvalue weighted by molar-refractivity contribution is -0.137. The van der Waals surface area contributed by atoms with Gasteiger partial charge in [0.1, 0.15) is 6.54 Å². The van der Waals surface area contributed by atoms with E-state index in [2.05, 4.69) is 10.6 Å². The molecule has 0 atom stereocenters. The van der Waals surface area contributed by atoms with Crippen molar-refractivity contribution in [1.82, 2.24) is 10.2 Å². The van der Waals surface area contributed by atoms with Crippen LogP contribution in [0.4, 0.5) is 11.4 Å². The normalized spacial score (nSPS) is 20.5. The van der Waals surface area contributed by atoms with Crippen LogP contribution in [0.15, 0.2) is 24.3 Å². The summed E-state index contributed by atoms with van der Waals surface area (Å²) in [6, 6.07) is 7.21. The molecule has 122 valence electrons. The number of para-hydroxylation sites is 2. The summed E-state index contributed by atoms with van der Waals surface area (Å²) >= 11 is 0. The number of carbonyl (C=O) groups is 3. The molecule has 1 aromatic carbocycles. The number of nitrogens with zero attached hydrogens (tertiary/aromatic N) is 2. The zero-order chi connectivity index (χ0) is 16.6. The van der Waals surface area contributed by atoms with Gasteiger partial charge in [-0.05, 0) is 26.0 Å². The lowest BCUT2D eigenvalue weighted by Crippen LogP contribution is -2.63. The molecule has 3 amide bonds. The summed E-state index contributed by atoms with van der Waals surface area (Å²) in [5.41, 5.74) is 0.579. The quantitative estimate of drug-likeness (QED) is 0.816. The summed E-state index contributed by atoms with van der Waals surface area (Å²) in [5, 5.41) is 5.57. The highest BCUT2D eigenvalue weighted by atomic mass is 16.2. The second-order valence-electron chi connectivity index (χ2n) is 6.28. The van der Waals surface area contributed by atoms with Gasteiger partial charge in [0.05, 0.1) is 23.5 Å². The van der Waals surface area contributed by atoms with Gasteiger partial charge in [0.25, 0.3) is 0 Å². The molecule has 0 radical (unpaired) electrons. The average Bonchev–Trinajstić information content (AvgIpc) is 2.51. The lowest BCUT2D eigenvalue weighted by Gasteiger charge is -2.41. The van der Waals surface area contributed by atoms with Gasteiger partial charge >= 0.3 is 0 Å². The highest BCUT2D eigenvalue weighted by Gasteiger charge is 2.39. The molecule has 2 aliphatic heterocycles. The van der Waals surface area contributed by atoms with Crippen molar-refractivity contribution in [3.63, 3.8) is 0 Å². The molecule has 23 heavy (non-hydrogen) atoms. The standard InChI is InChI=1S/C16H20N4O3/c1-16(2)15(23)17-7-8-19(16)10-14(22)20-9-13(21)18-11-5-3-4-6-12(11)20/h3-6H,7-10H2,1-2H3,(H,17,23)(H,18,21). The first kappa shape index (κ1) is 15.5. The maximum atomic E-state index is 12.7. The topological polar surface area (TPSA) is 81.8 Å². The summed E-state index contributed by atoms with van der Waals surface area (Å²) in [5.74, 6) is -0.490. The maximum Gasteiger partial charge on any atom is 0.244 e. The van der Waals surface area contributed by atoms with Gasteiger partial charge in [0, 0.05) is 13.1 Å². The van der Waals surface area contributed by atoms with Crippen molar-refractivity contribution in [1.29, 1.82) is 0 Å². The molecule has 1 saturated heterocycles. The van der Waals surface area contributed by atoms with Crippen molar-refractivity contribution in [2.45, 2.75) is 19.4 Å². The molecule has 7 heteroatoms. The summed E-state index contributed by atoms with van der Waals surface area (Å²) < 4.78 is 0. The van der Waals surface area contributed by atoms with Crippen LogP contribution in [0.25, 0.3) is 0 Å². The van der Waals surface area contributed by atoms with Crippen LogP contribution in [0.5, 0.6) is 0 Å². The Morgan fingerprint density at radius 1 is 1.26 bits per heavy atom. The van der Waals surface area contributed by atoms with E-state index in [1.165, 1.54) is 4.90 Å². The number of benzene rings is 1. The Balaban J connectivity index is 1.81. The molecule has 0 saturated carbocycles. The first-order chi connectivity index (χ1) is 10.9. The summed E-state index contributed by atoms with van der Waals surface area (Å²) in [4.78, 5) is 39.9. The zero-order valence-corrected chi connectivity index (χ0v) is 13.3. The molecule has 2 heterocycles. The molecule has 0 bridgehead atoms. The van der Waals surface area contributed by atoms with Gasteiger partial charge in [0.15, 0.2) is 0 Å². The van der Waals surface area contributed by atoms with Crippen molar-refractivity contribution < 1.29 is 14.4 Å². The fourth-order valence-corrected chi connectivity index (χ4v) is 2.92. The number of amides is 3. The van der Waals surface area contributed by atoms with E-state index in [9.17, 15) is 14.4 Å². The Kier molecular flexibility index (Phi) is 3.81. The Hall–Kier alpha value is -2.41. The number of nitrogens with one attached hydrogen (secondary N) is 2. The van der Waals surface area contributed by atoms with E-state index in [1.54, 1.807) is 26.0 Å². The second-order valence-corrected chi connectivity index (χ2v) is 6.28. The third-order valence-electron chi connectivity index (χ3n) is 4.41.